The molecule has 0 spiro atoms. The van der Waals surface area contributed by atoms with Crippen LogP contribution >= 0.6 is 0 Å². The van der Waals surface area contributed by atoms with Gasteiger partial charge >= 0.3 is 0 Å². The maximum Gasteiger partial charge on any atom is 0.216 e. The molecule has 0 unspecified atom stereocenters. The molecule has 2 radical (unpaired) electrons. The van der Waals surface area contributed by atoms with Gasteiger partial charge < -0.3 is 5.32 Å². The summed E-state index contributed by atoms with van der Waals surface area (Å²) in [7, 11) is 0. The molecular formula is C5H11N2O+. The lowest BCUT2D eigenvalue weighted by molar-refractivity contribution is -0.367. The highest BCUT2D eigenvalue weighted by Crippen LogP contribution is 1.66. The van der Waals surface area contributed by atoms with Crippen molar-refractivity contribution < 1.29 is 10.5 Å². The van der Waals surface area contributed by atoms with Gasteiger partial charge in [0.2, 0.25) is 5.91 Å². The van der Waals surface area contributed by atoms with Gasteiger partial charge in [0.15, 0.2) is 6.54 Å². The van der Waals surface area contributed by atoms with E-state index >= 15 is 0 Å². The van der Waals surface area contributed by atoms with E-state index in [2.05, 4.69) is 5.32 Å². The molecule has 0 aliphatic heterocycles. The van der Waals surface area contributed by atoms with Gasteiger partial charge in [-0.25, -0.2) is 0 Å². The van der Waals surface area contributed by atoms with Crippen LogP contribution < -0.4 is 11.1 Å². The van der Waals surface area contributed by atoms with E-state index in [4.69, 9.17) is 5.73 Å². The quantitative estimate of drug-likeness (QED) is 0.439. The second-order valence-corrected chi connectivity index (χ2v) is 1.59. The van der Waals surface area contributed by atoms with Gasteiger partial charge in [-0.1, -0.05) is 0 Å². The summed E-state index contributed by atoms with van der Waals surface area (Å²) in [6.45, 7) is 2.50. The minimum Gasteiger partial charge on any atom is -0.356 e. The zero-order valence-electron chi connectivity index (χ0n) is 5.03. The lowest BCUT2D eigenvalue weighted by atomic mass is 10.4. The Balaban J connectivity index is 2.82. The predicted molar refractivity (Wildman–Crippen MR) is 29.1 cm³/mol. The summed E-state index contributed by atoms with van der Waals surface area (Å²) >= 11 is 0. The van der Waals surface area contributed by atoms with Crippen molar-refractivity contribution in [2.75, 3.05) is 13.1 Å². The molecule has 1 amide bonds. The Morgan fingerprint density at radius 1 is 1.75 bits per heavy atom. The summed E-state index contributed by atoms with van der Waals surface area (Å²) < 4.78 is 0. The molecule has 46 valence electrons. The Hall–Kier alpha value is -0.570. The van der Waals surface area contributed by atoms with Crippen LogP contribution in [0.3, 0.4) is 0 Å². The summed E-state index contributed by atoms with van der Waals surface area (Å²) in [5, 5.41) is 2.59. The van der Waals surface area contributed by atoms with Gasteiger partial charge in [-0.05, 0) is 0 Å². The Kier molecular flexibility index (Phi) is 4.26. The monoisotopic (exact) mass is 115 g/mol. The number of carbonyl (C=O) groups is 1. The average Bonchev–Trinajstić information content (AvgIpc) is 1.66. The van der Waals surface area contributed by atoms with Gasteiger partial charge in [-0.2, -0.15) is 0 Å². The highest BCUT2D eigenvalue weighted by atomic mass is 16.1. The van der Waals surface area contributed by atoms with Crippen molar-refractivity contribution in [1.29, 1.82) is 0 Å². The van der Waals surface area contributed by atoms with Crippen LogP contribution in [0.2, 0.25) is 0 Å². The van der Waals surface area contributed by atoms with Crippen molar-refractivity contribution in [1.82, 2.24) is 5.32 Å². The lowest BCUT2D eigenvalue weighted by Gasteiger charge is -1.93. The minimum absolute atomic E-state index is 0.0153. The van der Waals surface area contributed by atoms with Crippen molar-refractivity contribution >= 4 is 5.91 Å². The van der Waals surface area contributed by atoms with Crippen molar-refractivity contribution in [2.45, 2.75) is 13.3 Å². The topological polar surface area (TPSA) is 52.9 Å². The summed E-state index contributed by atoms with van der Waals surface area (Å²) in [5.41, 5.74) is 6.70. The maximum atomic E-state index is 10.1. The summed E-state index contributed by atoms with van der Waals surface area (Å²) in [5.74, 6) is -0.0153. The van der Waals surface area contributed by atoms with E-state index in [0.29, 0.717) is 13.1 Å². The molecule has 0 saturated heterocycles. The zero-order valence-corrected chi connectivity index (χ0v) is 5.03. The molecule has 0 saturated carbocycles. The third-order valence-corrected chi connectivity index (χ3v) is 0.727. The normalized spacial score (nSPS) is 8.75. The van der Waals surface area contributed by atoms with E-state index in [0.717, 1.165) is 6.42 Å². The zero-order chi connectivity index (χ0) is 6.41. The van der Waals surface area contributed by atoms with Crippen LogP contribution in [0.5, 0.6) is 0 Å². The second-order valence-electron chi connectivity index (χ2n) is 1.59. The molecule has 0 aromatic heterocycles. The van der Waals surface area contributed by atoms with Crippen LogP contribution in [0, 0.1) is 0 Å². The molecule has 8 heavy (non-hydrogen) atoms. The summed E-state index contributed by atoms with van der Waals surface area (Å²) in [6.07, 6.45) is 0.750. The van der Waals surface area contributed by atoms with Crippen LogP contribution in [0.15, 0.2) is 0 Å². The molecule has 0 rings (SSSR count). The van der Waals surface area contributed by atoms with Crippen LogP contribution in [0.25, 0.3) is 0 Å². The fourth-order valence-corrected chi connectivity index (χ4v) is 0.353. The lowest BCUT2D eigenvalue weighted by Crippen LogP contribution is -2.51. The molecule has 0 aliphatic rings. The molecule has 3 heteroatoms. The fourth-order valence-electron chi connectivity index (χ4n) is 0.353. The van der Waals surface area contributed by atoms with Gasteiger partial charge in [0, 0.05) is 25.6 Å². The molecular weight excluding hydrogens is 104 g/mol. The van der Waals surface area contributed by atoms with E-state index in [-0.39, 0.29) is 5.91 Å². The predicted octanol–water partition coefficient (Wildman–Crippen LogP) is -1.67. The van der Waals surface area contributed by atoms with Gasteiger partial charge in [0.05, 0.1) is 0 Å². The molecule has 0 aliphatic carbocycles. The van der Waals surface area contributed by atoms with E-state index < -0.39 is 0 Å². The number of hydrogen-bond donors (Lipinski definition) is 1. The fraction of sp³-hybridized carbons (Fsp3) is 0.800. The number of rotatable bonds is 3. The molecule has 2 N–H and O–H groups in total. The number of amides is 1. The molecule has 0 heterocycles. The highest BCUT2D eigenvalue weighted by molar-refractivity contribution is 5.72. The number of carbonyl (C=O) groups excluding carboxylic acids is 1. The summed E-state index contributed by atoms with van der Waals surface area (Å²) in [6, 6.07) is 0. The van der Waals surface area contributed by atoms with E-state index in [1.165, 1.54) is 6.92 Å². The number of hydrogen-bond acceptors (Lipinski definition) is 1. The van der Waals surface area contributed by atoms with Gasteiger partial charge in [0.25, 0.3) is 0 Å². The Morgan fingerprint density at radius 3 is 2.75 bits per heavy atom. The standard InChI is InChI=1S/C5H11N2O/c1-5(8)7-4-2-3-6/h6H,2-4H2,1H3,(H,7,8)/q+1. The Labute approximate surface area is 49.3 Å². The first-order chi connectivity index (χ1) is 3.77. The van der Waals surface area contributed by atoms with Gasteiger partial charge in [0.1, 0.15) is 0 Å². The molecule has 3 nitrogen and oxygen atoms in total. The average molecular weight is 115 g/mol. The van der Waals surface area contributed by atoms with Gasteiger partial charge in [-0.3, -0.25) is 4.79 Å². The van der Waals surface area contributed by atoms with Crippen LogP contribution in [0.1, 0.15) is 13.3 Å². The molecule has 0 fully saturated rings. The Morgan fingerprint density at radius 2 is 2.38 bits per heavy atom. The van der Waals surface area contributed by atoms with Crippen molar-refractivity contribution in [3.8, 4) is 0 Å². The highest BCUT2D eigenvalue weighted by Gasteiger charge is 1.89. The van der Waals surface area contributed by atoms with Crippen LogP contribution in [-0.2, 0) is 4.79 Å². The molecule has 0 bridgehead atoms. The smallest absolute Gasteiger partial charge is 0.216 e. The first kappa shape index (κ1) is 7.43. The van der Waals surface area contributed by atoms with Crippen molar-refractivity contribution in [3.05, 3.63) is 0 Å². The molecule has 0 aromatic carbocycles. The third-order valence-electron chi connectivity index (χ3n) is 0.727. The van der Waals surface area contributed by atoms with Gasteiger partial charge in [-0.15, -0.1) is 0 Å². The van der Waals surface area contributed by atoms with E-state index in [1.54, 1.807) is 0 Å². The SMILES string of the molecule is CC(=O)NCCC[NH+]. The Bertz CT molecular complexity index is 72.8. The maximum absolute atomic E-state index is 10.1. The summed E-state index contributed by atoms with van der Waals surface area (Å²) in [4.78, 5) is 10.1. The van der Waals surface area contributed by atoms with E-state index in [1.807, 2.05) is 0 Å². The minimum atomic E-state index is -0.0153. The largest absolute Gasteiger partial charge is 0.356 e. The second kappa shape index (κ2) is 4.59. The first-order valence-electron chi connectivity index (χ1n) is 2.66. The molecule has 0 aromatic rings. The first-order valence-corrected chi connectivity index (χ1v) is 2.66. The molecule has 0 atom stereocenters. The van der Waals surface area contributed by atoms with Crippen molar-refractivity contribution in [2.24, 2.45) is 0 Å². The van der Waals surface area contributed by atoms with E-state index in [9.17, 15) is 4.79 Å². The van der Waals surface area contributed by atoms with Crippen LogP contribution in [0.4, 0.5) is 0 Å². The van der Waals surface area contributed by atoms with Crippen molar-refractivity contribution in [3.63, 3.8) is 0 Å². The third kappa shape index (κ3) is 5.43. The number of nitrogens with one attached hydrogen (secondary N) is 2. The van der Waals surface area contributed by atoms with Crippen LogP contribution in [-0.4, -0.2) is 19.0 Å².